The maximum Gasteiger partial charge on any atom is 0.179 e. The van der Waals surface area contributed by atoms with Crippen molar-refractivity contribution in [1.29, 1.82) is 0 Å². The zero-order valence-corrected chi connectivity index (χ0v) is 16.5. The van der Waals surface area contributed by atoms with Gasteiger partial charge < -0.3 is 19.1 Å². The molecule has 1 fully saturated rings. The number of hydrogen-bond donors (Lipinski definition) is 0. The Morgan fingerprint density at radius 1 is 1.10 bits per heavy atom. The first-order valence-corrected chi connectivity index (χ1v) is 9.17. The summed E-state index contributed by atoms with van der Waals surface area (Å²) in [6.07, 6.45) is 2.22. The summed E-state index contributed by atoms with van der Waals surface area (Å²) in [5, 5.41) is 0.864. The summed E-state index contributed by atoms with van der Waals surface area (Å²) >= 11 is 6.05. The van der Waals surface area contributed by atoms with Crippen molar-refractivity contribution in [3.8, 4) is 22.9 Å². The number of aromatic nitrogens is 3. The molecule has 0 amide bonds. The Kier molecular flexibility index (Phi) is 5.33. The quantitative estimate of drug-likeness (QED) is 0.592. The van der Waals surface area contributed by atoms with Gasteiger partial charge >= 0.3 is 0 Å². The molecule has 3 heterocycles. The zero-order chi connectivity index (χ0) is 20.5. The lowest BCUT2D eigenvalue weighted by Gasteiger charge is -2.28. The van der Waals surface area contributed by atoms with E-state index in [2.05, 4.69) is 15.0 Å². The first kappa shape index (κ1) is 19.5. The predicted molar refractivity (Wildman–Crippen MR) is 104 cm³/mol. The molecule has 4 rings (SSSR count). The molecule has 0 saturated carbocycles. The normalized spacial score (nSPS) is 14.3. The van der Waals surface area contributed by atoms with Crippen LogP contribution in [0.1, 0.15) is 6.42 Å². The number of fused-ring (bicyclic) bond motifs is 1. The van der Waals surface area contributed by atoms with Crippen LogP contribution in [0.4, 0.5) is 14.6 Å². The Labute approximate surface area is 170 Å². The molecule has 0 atom stereocenters. The summed E-state index contributed by atoms with van der Waals surface area (Å²) in [4.78, 5) is 14.7. The van der Waals surface area contributed by atoms with E-state index in [1.807, 2.05) is 4.90 Å². The second kappa shape index (κ2) is 7.92. The van der Waals surface area contributed by atoms with Crippen LogP contribution < -0.4 is 14.4 Å². The third kappa shape index (κ3) is 3.51. The van der Waals surface area contributed by atoms with Crippen molar-refractivity contribution in [2.24, 2.45) is 0 Å². The van der Waals surface area contributed by atoms with Crippen LogP contribution in [-0.2, 0) is 4.74 Å². The highest BCUT2D eigenvalue weighted by molar-refractivity contribution is 6.30. The lowest BCUT2D eigenvalue weighted by molar-refractivity contribution is 0.107. The molecule has 0 spiro atoms. The van der Waals surface area contributed by atoms with Crippen molar-refractivity contribution in [3.05, 3.63) is 35.1 Å². The van der Waals surface area contributed by atoms with E-state index < -0.39 is 17.2 Å². The van der Waals surface area contributed by atoms with E-state index in [-0.39, 0.29) is 29.2 Å². The van der Waals surface area contributed by atoms with Crippen LogP contribution in [0, 0.1) is 11.6 Å². The predicted octanol–water partition coefficient (Wildman–Crippen LogP) is 3.82. The van der Waals surface area contributed by atoms with Gasteiger partial charge in [0.2, 0.25) is 0 Å². The van der Waals surface area contributed by atoms with Gasteiger partial charge in [0.05, 0.1) is 38.1 Å². The minimum atomic E-state index is -0.923. The molecule has 0 aliphatic carbocycles. The van der Waals surface area contributed by atoms with Gasteiger partial charge in [0.1, 0.15) is 17.7 Å². The van der Waals surface area contributed by atoms with Crippen molar-refractivity contribution in [2.75, 3.05) is 39.0 Å². The number of pyridine rings is 1. The molecule has 152 valence electrons. The molecule has 0 bridgehead atoms. The second-order valence-electron chi connectivity index (χ2n) is 6.33. The molecule has 1 saturated heterocycles. The van der Waals surface area contributed by atoms with Gasteiger partial charge in [-0.25, -0.2) is 23.7 Å². The van der Waals surface area contributed by atoms with E-state index in [9.17, 15) is 8.78 Å². The van der Waals surface area contributed by atoms with Crippen LogP contribution in [0.25, 0.3) is 22.3 Å². The fourth-order valence-electron chi connectivity index (χ4n) is 3.19. The summed E-state index contributed by atoms with van der Waals surface area (Å²) in [5.74, 6) is -1.91. The van der Waals surface area contributed by atoms with Gasteiger partial charge in [-0.15, -0.1) is 0 Å². The van der Waals surface area contributed by atoms with Crippen molar-refractivity contribution in [3.63, 3.8) is 0 Å². The Morgan fingerprint density at radius 3 is 2.45 bits per heavy atom. The molecule has 3 aromatic rings. The molecule has 7 nitrogen and oxygen atoms in total. The third-order valence-corrected chi connectivity index (χ3v) is 4.80. The van der Waals surface area contributed by atoms with Gasteiger partial charge in [-0.05, 0) is 12.5 Å². The maximum absolute atomic E-state index is 15.0. The second-order valence-corrected chi connectivity index (χ2v) is 6.72. The summed E-state index contributed by atoms with van der Waals surface area (Å²) < 4.78 is 45.5. The lowest BCUT2D eigenvalue weighted by Crippen LogP contribution is -2.34. The van der Waals surface area contributed by atoms with Gasteiger partial charge in [-0.3, -0.25) is 0 Å². The van der Waals surface area contributed by atoms with Crippen molar-refractivity contribution in [1.82, 2.24) is 15.0 Å². The third-order valence-electron chi connectivity index (χ3n) is 4.59. The van der Waals surface area contributed by atoms with Crippen molar-refractivity contribution >= 4 is 28.3 Å². The summed E-state index contributed by atoms with van der Waals surface area (Å²) in [5.41, 5.74) is -0.0576. The summed E-state index contributed by atoms with van der Waals surface area (Å²) in [7, 11) is 2.56. The average Bonchev–Trinajstić information content (AvgIpc) is 2.74. The Morgan fingerprint density at radius 2 is 1.83 bits per heavy atom. The van der Waals surface area contributed by atoms with E-state index >= 15 is 0 Å². The van der Waals surface area contributed by atoms with Crippen LogP contribution in [0.15, 0.2) is 18.3 Å². The molecule has 1 aliphatic heterocycles. The SMILES string of the molecule is COc1cc(OC)c(F)c(-c2nc(N3CCCOC3)c3cc(Cl)ncc3n2)c1F. The number of methoxy groups -OCH3 is 2. The average molecular weight is 423 g/mol. The number of rotatable bonds is 4. The summed E-state index contributed by atoms with van der Waals surface area (Å²) in [6, 6.07) is 2.75. The van der Waals surface area contributed by atoms with Crippen molar-refractivity contribution < 1.29 is 23.0 Å². The molecule has 1 aromatic carbocycles. The first-order valence-electron chi connectivity index (χ1n) is 8.79. The standard InChI is InChI=1S/C19H17ClF2N4O3/c1-27-12-7-13(28-2)17(22)15(16(12)21)18-24-11-8-23-14(20)6-10(11)19(25-18)26-4-3-5-29-9-26/h6-8H,3-5,9H2,1-2H3. The van der Waals surface area contributed by atoms with Crippen LogP contribution in [-0.4, -0.2) is 49.1 Å². The van der Waals surface area contributed by atoms with Crippen LogP contribution in [0.3, 0.4) is 0 Å². The number of ether oxygens (including phenoxy) is 3. The van der Waals surface area contributed by atoms with Gasteiger partial charge in [-0.2, -0.15) is 0 Å². The number of halogens is 3. The molecule has 0 N–H and O–H groups in total. The fourth-order valence-corrected chi connectivity index (χ4v) is 3.35. The number of nitrogens with zero attached hydrogens (tertiary/aromatic N) is 4. The first-order chi connectivity index (χ1) is 14.0. The van der Waals surface area contributed by atoms with Gasteiger partial charge in [0.15, 0.2) is 29.0 Å². The molecule has 29 heavy (non-hydrogen) atoms. The minimum absolute atomic E-state index is 0.158. The van der Waals surface area contributed by atoms with Gasteiger partial charge in [-0.1, -0.05) is 11.6 Å². The highest BCUT2D eigenvalue weighted by Gasteiger charge is 2.26. The Hall–Kier alpha value is -2.78. The van der Waals surface area contributed by atoms with E-state index in [1.165, 1.54) is 20.4 Å². The number of benzene rings is 1. The Bertz CT molecular complexity index is 1050. The number of anilines is 1. The largest absolute Gasteiger partial charge is 0.494 e. The molecular weight excluding hydrogens is 406 g/mol. The summed E-state index contributed by atoms with van der Waals surface area (Å²) in [6.45, 7) is 1.58. The fraction of sp³-hybridized carbons (Fsp3) is 0.316. The van der Waals surface area contributed by atoms with Gasteiger partial charge in [0, 0.05) is 18.0 Å². The highest BCUT2D eigenvalue weighted by Crippen LogP contribution is 2.38. The van der Waals surface area contributed by atoms with Crippen LogP contribution in [0.5, 0.6) is 11.5 Å². The highest BCUT2D eigenvalue weighted by atomic mass is 35.5. The maximum atomic E-state index is 15.0. The van der Waals surface area contributed by atoms with E-state index in [4.69, 9.17) is 25.8 Å². The topological polar surface area (TPSA) is 69.6 Å². The van der Waals surface area contributed by atoms with Crippen molar-refractivity contribution in [2.45, 2.75) is 6.42 Å². The molecule has 1 aliphatic rings. The monoisotopic (exact) mass is 422 g/mol. The molecular formula is C19H17ClF2N4O3. The van der Waals surface area contributed by atoms with E-state index in [0.29, 0.717) is 29.9 Å². The van der Waals surface area contributed by atoms with E-state index in [0.717, 1.165) is 12.5 Å². The van der Waals surface area contributed by atoms with E-state index in [1.54, 1.807) is 6.07 Å². The van der Waals surface area contributed by atoms with Crippen LogP contribution in [0.2, 0.25) is 5.15 Å². The molecule has 2 aromatic heterocycles. The smallest absolute Gasteiger partial charge is 0.179 e. The zero-order valence-electron chi connectivity index (χ0n) is 15.7. The number of hydrogen-bond acceptors (Lipinski definition) is 7. The van der Waals surface area contributed by atoms with Crippen LogP contribution >= 0.6 is 11.6 Å². The Balaban J connectivity index is 1.99. The molecule has 10 heteroatoms. The molecule has 0 unspecified atom stereocenters. The van der Waals surface area contributed by atoms with Gasteiger partial charge in [0.25, 0.3) is 0 Å². The minimum Gasteiger partial charge on any atom is -0.494 e. The molecule has 0 radical (unpaired) electrons. The lowest BCUT2D eigenvalue weighted by atomic mass is 10.1.